The van der Waals surface area contributed by atoms with E-state index in [1.54, 1.807) is 0 Å². The molecule has 2 nitrogen and oxygen atoms in total. The Bertz CT molecular complexity index is 1250. The molecule has 5 unspecified atom stereocenters. The van der Waals surface area contributed by atoms with Crippen molar-refractivity contribution in [3.8, 4) is 0 Å². The zero-order valence-electron chi connectivity index (χ0n) is 19.3. The summed E-state index contributed by atoms with van der Waals surface area (Å²) in [5.41, 5.74) is 4.37. The molecule has 7 rings (SSSR count). The number of hydrogen-bond donors (Lipinski definition) is 0. The highest BCUT2D eigenvalue weighted by molar-refractivity contribution is 6.61. The fourth-order valence-electron chi connectivity index (χ4n) is 6.50. The normalized spacial score (nSPS) is 30.8. The lowest BCUT2D eigenvalue weighted by atomic mass is 9.76. The van der Waals surface area contributed by atoms with E-state index < -0.39 is 0 Å². The van der Waals surface area contributed by atoms with Gasteiger partial charge in [0.25, 0.3) is 0 Å². The Morgan fingerprint density at radius 2 is 1.74 bits per heavy atom. The van der Waals surface area contributed by atoms with Gasteiger partial charge in [-0.1, -0.05) is 90.2 Å². The molecule has 2 aromatic rings. The first-order valence-corrected chi connectivity index (χ1v) is 13.7. The van der Waals surface area contributed by atoms with Gasteiger partial charge in [-0.25, -0.2) is 0 Å². The lowest BCUT2D eigenvalue weighted by molar-refractivity contribution is 0.160. The number of allylic oxidation sites excluding steroid dienone is 6. The van der Waals surface area contributed by atoms with E-state index >= 15 is 0 Å². The van der Waals surface area contributed by atoms with E-state index in [0.717, 1.165) is 25.8 Å². The topological polar surface area (TPSA) is 12.5 Å². The molecule has 0 spiro atoms. The summed E-state index contributed by atoms with van der Waals surface area (Å²) in [6, 6.07) is 20.4. The van der Waals surface area contributed by atoms with Crippen molar-refractivity contribution in [1.82, 2.24) is 0 Å². The Labute approximate surface area is 204 Å². The molecule has 3 aliphatic carbocycles. The summed E-state index contributed by atoms with van der Waals surface area (Å²) in [6.07, 6.45) is 20.1. The summed E-state index contributed by atoms with van der Waals surface area (Å²) in [7, 11) is 0.709. The molecule has 34 heavy (non-hydrogen) atoms. The molecule has 2 aliphatic heterocycles. The lowest BCUT2D eigenvalue weighted by Gasteiger charge is -2.45. The van der Waals surface area contributed by atoms with E-state index in [0.29, 0.717) is 33.3 Å². The summed E-state index contributed by atoms with van der Waals surface area (Å²) in [4.78, 5) is 2.67. The number of ether oxygens (including phenoxy) is 1. The Morgan fingerprint density at radius 3 is 2.68 bits per heavy atom. The Balaban J connectivity index is 1.18. The van der Waals surface area contributed by atoms with Crippen molar-refractivity contribution in [3.05, 3.63) is 119 Å². The van der Waals surface area contributed by atoms with Gasteiger partial charge in [0.1, 0.15) is 21.4 Å². The molecule has 0 saturated carbocycles. The largest absolute Gasteiger partial charge is 0.486 e. The maximum absolute atomic E-state index is 6.64. The van der Waals surface area contributed by atoms with Crippen molar-refractivity contribution >= 4 is 20.4 Å². The lowest BCUT2D eigenvalue weighted by Crippen LogP contribution is -2.45. The maximum atomic E-state index is 6.64. The average Bonchev–Trinajstić information content (AvgIpc) is 3.28. The Kier molecular flexibility index (Phi) is 4.98. The van der Waals surface area contributed by atoms with Crippen LogP contribution >= 0.6 is 0 Å². The molecule has 0 N–H and O–H groups in total. The second kappa shape index (κ2) is 8.32. The number of para-hydroxylation sites is 1. The van der Waals surface area contributed by atoms with Crippen LogP contribution in [0.4, 0.5) is 5.69 Å². The zero-order chi connectivity index (χ0) is 22.5. The van der Waals surface area contributed by atoms with Crippen molar-refractivity contribution in [3.63, 3.8) is 0 Å². The van der Waals surface area contributed by atoms with Crippen molar-refractivity contribution in [2.45, 2.75) is 37.3 Å². The third-order valence-electron chi connectivity index (χ3n) is 8.09. The predicted octanol–water partition coefficient (Wildman–Crippen LogP) is 5.64. The van der Waals surface area contributed by atoms with Crippen LogP contribution in [0.3, 0.4) is 0 Å². The molecule has 2 radical (unpaired) electrons. The molecule has 5 atom stereocenters. The number of anilines is 1. The first kappa shape index (κ1) is 20.3. The predicted molar refractivity (Wildman–Crippen MR) is 140 cm³/mol. The van der Waals surface area contributed by atoms with Crippen LogP contribution in [0, 0.1) is 11.8 Å². The van der Waals surface area contributed by atoms with E-state index in [-0.39, 0.29) is 6.10 Å². The second-order valence-corrected chi connectivity index (χ2v) is 11.5. The van der Waals surface area contributed by atoms with Crippen LogP contribution in [0.1, 0.15) is 30.7 Å². The molecule has 2 aromatic carbocycles. The fraction of sp³-hybridized carbons (Fsp3) is 0.290. The summed E-state index contributed by atoms with van der Waals surface area (Å²) in [6.45, 7) is 1.08. The van der Waals surface area contributed by atoms with Crippen LogP contribution in [-0.4, -0.2) is 28.2 Å². The van der Waals surface area contributed by atoms with Gasteiger partial charge in [-0.3, -0.25) is 0 Å². The summed E-state index contributed by atoms with van der Waals surface area (Å²) < 4.78 is 6.64. The molecule has 0 bridgehead atoms. The van der Waals surface area contributed by atoms with Gasteiger partial charge in [0.15, 0.2) is 0 Å². The highest BCUT2D eigenvalue weighted by Gasteiger charge is 2.43. The van der Waals surface area contributed by atoms with Gasteiger partial charge in [-0.15, -0.1) is 0 Å². The minimum atomic E-state index is 0.191. The van der Waals surface area contributed by atoms with Crippen LogP contribution in [0.15, 0.2) is 114 Å². The maximum Gasteiger partial charge on any atom is 0.124 e. The highest BCUT2D eigenvalue weighted by atomic mass is 28.2. The van der Waals surface area contributed by atoms with E-state index in [9.17, 15) is 0 Å². The quantitative estimate of drug-likeness (QED) is 0.435. The van der Waals surface area contributed by atoms with E-state index in [4.69, 9.17) is 4.74 Å². The van der Waals surface area contributed by atoms with Gasteiger partial charge < -0.3 is 9.64 Å². The Hall–Kier alpha value is -3.04. The number of nitrogens with zero attached hydrogens (tertiary/aromatic N) is 1. The molecule has 1 fully saturated rings. The van der Waals surface area contributed by atoms with Crippen molar-refractivity contribution < 1.29 is 4.74 Å². The van der Waals surface area contributed by atoms with E-state index in [1.807, 2.05) is 0 Å². The molecule has 5 aliphatic rings. The minimum Gasteiger partial charge on any atom is -0.486 e. The second-order valence-electron chi connectivity index (χ2n) is 10.0. The van der Waals surface area contributed by atoms with Crippen LogP contribution in [0.2, 0.25) is 0 Å². The Morgan fingerprint density at radius 1 is 0.882 bits per heavy atom. The first-order valence-electron chi connectivity index (χ1n) is 12.7. The van der Waals surface area contributed by atoms with E-state index in [2.05, 4.69) is 102 Å². The summed E-state index contributed by atoms with van der Waals surface area (Å²) in [5.74, 6) is 2.74. The third-order valence-corrected chi connectivity index (χ3v) is 9.50. The van der Waals surface area contributed by atoms with E-state index in [1.165, 1.54) is 33.0 Å². The molecule has 168 valence electrons. The molecular formula is C31H29NOSi. The fourth-order valence-corrected chi connectivity index (χ4v) is 7.79. The van der Waals surface area contributed by atoms with Crippen molar-refractivity contribution in [1.29, 1.82) is 0 Å². The standard InChI is InChI=1S/C31H29NOSi/c1-2-10-23(11-3-1)34-30-16-8-14-26-27-19-22(17-18-29(27)33-31(26)30)32-20-21-9-4-5-12-24(21)25-13-6-7-15-28(25)32/h1-7,9-15,17-18,21-22,24,27,29H,8,16,19-20H2. The van der Waals surface area contributed by atoms with Gasteiger partial charge in [-0.2, -0.15) is 0 Å². The first-order chi connectivity index (χ1) is 16.8. The van der Waals surface area contributed by atoms with Crippen LogP contribution < -0.4 is 10.1 Å². The number of fused-ring (bicyclic) bond motifs is 6. The monoisotopic (exact) mass is 459 g/mol. The SMILES string of the molecule is C1=CC2CN(C3C=CC4OC5=C([Si]c6ccccc6)CCC=C5C4C3)c3ccccc3C2C=C1. The van der Waals surface area contributed by atoms with Crippen molar-refractivity contribution in [2.24, 2.45) is 11.8 Å². The molecule has 0 amide bonds. The number of benzene rings is 2. The van der Waals surface area contributed by atoms with Gasteiger partial charge in [0.2, 0.25) is 0 Å². The van der Waals surface area contributed by atoms with Gasteiger partial charge in [0, 0.05) is 36.0 Å². The molecule has 1 saturated heterocycles. The van der Waals surface area contributed by atoms with Crippen molar-refractivity contribution in [2.75, 3.05) is 11.4 Å². The molecular weight excluding hydrogens is 430 g/mol. The smallest absolute Gasteiger partial charge is 0.124 e. The summed E-state index contributed by atoms with van der Waals surface area (Å²) >= 11 is 0. The minimum absolute atomic E-state index is 0.191. The molecule has 0 aromatic heterocycles. The van der Waals surface area contributed by atoms with Crippen LogP contribution in [-0.2, 0) is 4.74 Å². The van der Waals surface area contributed by atoms with Gasteiger partial charge >= 0.3 is 0 Å². The molecule has 2 heterocycles. The van der Waals surface area contributed by atoms with Gasteiger partial charge in [0.05, 0.1) is 0 Å². The average molecular weight is 460 g/mol. The summed E-state index contributed by atoms with van der Waals surface area (Å²) in [5, 5.41) is 2.92. The van der Waals surface area contributed by atoms with Crippen LogP contribution in [0.25, 0.3) is 0 Å². The van der Waals surface area contributed by atoms with Gasteiger partial charge in [-0.05, 0) is 47.7 Å². The molecule has 3 heteroatoms. The highest BCUT2D eigenvalue weighted by Crippen LogP contribution is 2.48. The van der Waals surface area contributed by atoms with Crippen LogP contribution in [0.5, 0.6) is 0 Å². The number of hydrogen-bond acceptors (Lipinski definition) is 2. The number of rotatable bonds is 3. The third kappa shape index (κ3) is 3.37. The zero-order valence-corrected chi connectivity index (χ0v) is 20.3.